The first-order valence-corrected chi connectivity index (χ1v) is 10.6. The number of thioether (sulfide) groups is 1. The maximum atomic E-state index is 12.6. The standard InChI is InChI=1S/C17H23N5O3S2/c1-11-8-21(9-12(2)25-11)15(24)10-27-17-20-19-16(13-4-3-7-26-13)22(17)6-5-14(18)23/h3-4,7,11-12H,5-6,8-10H2,1-2H3,(H2,18,23)/t11-,12-/m1/s1. The van der Waals surface area contributed by atoms with Crippen LogP contribution in [0.4, 0.5) is 0 Å². The van der Waals surface area contributed by atoms with Crippen molar-refractivity contribution >= 4 is 34.9 Å². The normalized spacial score (nSPS) is 20.0. The van der Waals surface area contributed by atoms with Crippen LogP contribution in [0.2, 0.25) is 0 Å². The summed E-state index contributed by atoms with van der Waals surface area (Å²) in [5.74, 6) is 0.613. The first-order valence-electron chi connectivity index (χ1n) is 8.75. The molecule has 1 saturated heterocycles. The SMILES string of the molecule is C[C@@H]1CN(C(=O)CSc2nnc(-c3cccs3)n2CCC(N)=O)C[C@@H](C)O1. The summed E-state index contributed by atoms with van der Waals surface area (Å²) in [5, 5.41) is 11.1. The number of hydrogen-bond donors (Lipinski definition) is 1. The molecule has 0 bridgehead atoms. The number of primary amides is 1. The Morgan fingerprint density at radius 3 is 2.70 bits per heavy atom. The first kappa shape index (κ1) is 19.8. The molecule has 2 atom stereocenters. The minimum absolute atomic E-state index is 0.0346. The molecule has 0 spiro atoms. The van der Waals surface area contributed by atoms with Crippen molar-refractivity contribution in [3.8, 4) is 10.7 Å². The second-order valence-corrected chi connectivity index (χ2v) is 8.39. The third-order valence-electron chi connectivity index (χ3n) is 4.14. The van der Waals surface area contributed by atoms with E-state index in [4.69, 9.17) is 10.5 Å². The van der Waals surface area contributed by atoms with Gasteiger partial charge in [0.05, 0.1) is 22.8 Å². The number of thiophene rings is 1. The molecule has 3 rings (SSSR count). The maximum Gasteiger partial charge on any atom is 0.233 e. The van der Waals surface area contributed by atoms with Crippen molar-refractivity contribution in [1.82, 2.24) is 19.7 Å². The number of carbonyl (C=O) groups excluding carboxylic acids is 2. The Morgan fingerprint density at radius 2 is 2.07 bits per heavy atom. The molecule has 0 aliphatic carbocycles. The lowest BCUT2D eigenvalue weighted by Crippen LogP contribution is -2.48. The van der Waals surface area contributed by atoms with Gasteiger partial charge < -0.3 is 19.9 Å². The second kappa shape index (κ2) is 8.85. The highest BCUT2D eigenvalue weighted by atomic mass is 32.2. The fourth-order valence-corrected chi connectivity index (χ4v) is 4.59. The summed E-state index contributed by atoms with van der Waals surface area (Å²) in [7, 11) is 0. The third-order valence-corrected chi connectivity index (χ3v) is 5.95. The van der Waals surface area contributed by atoms with Crippen LogP contribution in [0.25, 0.3) is 10.7 Å². The fourth-order valence-electron chi connectivity index (χ4n) is 3.01. The first-order chi connectivity index (χ1) is 12.9. The van der Waals surface area contributed by atoms with Gasteiger partial charge in [0.2, 0.25) is 11.8 Å². The molecule has 0 radical (unpaired) electrons. The van der Waals surface area contributed by atoms with Gasteiger partial charge in [-0.3, -0.25) is 9.59 Å². The van der Waals surface area contributed by atoms with E-state index < -0.39 is 0 Å². The molecule has 10 heteroatoms. The van der Waals surface area contributed by atoms with Gasteiger partial charge in [0, 0.05) is 26.1 Å². The van der Waals surface area contributed by atoms with Crippen LogP contribution in [0.5, 0.6) is 0 Å². The van der Waals surface area contributed by atoms with Gasteiger partial charge in [0.25, 0.3) is 0 Å². The van der Waals surface area contributed by atoms with Gasteiger partial charge in [0.15, 0.2) is 11.0 Å². The van der Waals surface area contributed by atoms with Crippen LogP contribution in [0.3, 0.4) is 0 Å². The smallest absolute Gasteiger partial charge is 0.233 e. The molecular weight excluding hydrogens is 386 g/mol. The molecule has 2 aromatic rings. The minimum Gasteiger partial charge on any atom is -0.372 e. The second-order valence-electron chi connectivity index (χ2n) is 6.50. The predicted molar refractivity (Wildman–Crippen MR) is 104 cm³/mol. The van der Waals surface area contributed by atoms with Crippen molar-refractivity contribution in [2.45, 2.75) is 44.2 Å². The molecule has 0 aromatic carbocycles. The molecule has 0 unspecified atom stereocenters. The highest BCUT2D eigenvalue weighted by molar-refractivity contribution is 7.99. The Kier molecular flexibility index (Phi) is 6.51. The zero-order valence-corrected chi connectivity index (χ0v) is 17.0. The summed E-state index contributed by atoms with van der Waals surface area (Å²) in [6.45, 7) is 5.52. The molecular formula is C17H23N5O3S2. The van der Waals surface area contributed by atoms with Crippen LogP contribution in [0.1, 0.15) is 20.3 Å². The number of amides is 2. The summed E-state index contributed by atoms with van der Waals surface area (Å²) in [6.07, 6.45) is 0.260. The van der Waals surface area contributed by atoms with Crippen molar-refractivity contribution in [3.63, 3.8) is 0 Å². The number of carbonyl (C=O) groups is 2. The zero-order valence-electron chi connectivity index (χ0n) is 15.3. The molecule has 1 aliphatic rings. The molecule has 146 valence electrons. The van der Waals surface area contributed by atoms with E-state index in [2.05, 4.69) is 10.2 Å². The summed E-state index contributed by atoms with van der Waals surface area (Å²) in [6, 6.07) is 3.88. The molecule has 27 heavy (non-hydrogen) atoms. The lowest BCUT2D eigenvalue weighted by atomic mass is 10.2. The van der Waals surface area contributed by atoms with Crippen LogP contribution in [0, 0.1) is 0 Å². The Hall–Kier alpha value is -1.91. The Bertz CT molecular complexity index is 783. The number of ether oxygens (including phenoxy) is 1. The number of morpholine rings is 1. The molecule has 1 fully saturated rings. The zero-order chi connectivity index (χ0) is 19.4. The largest absolute Gasteiger partial charge is 0.372 e. The van der Waals surface area contributed by atoms with Crippen LogP contribution in [-0.4, -0.2) is 62.5 Å². The van der Waals surface area contributed by atoms with E-state index in [9.17, 15) is 9.59 Å². The van der Waals surface area contributed by atoms with E-state index >= 15 is 0 Å². The van der Waals surface area contributed by atoms with Gasteiger partial charge in [0.1, 0.15) is 0 Å². The van der Waals surface area contributed by atoms with Crippen molar-refractivity contribution in [1.29, 1.82) is 0 Å². The topological polar surface area (TPSA) is 103 Å². The summed E-state index contributed by atoms with van der Waals surface area (Å²) in [5.41, 5.74) is 5.30. The summed E-state index contributed by atoms with van der Waals surface area (Å²) in [4.78, 5) is 26.6. The van der Waals surface area contributed by atoms with E-state index in [0.29, 0.717) is 30.6 Å². The van der Waals surface area contributed by atoms with Gasteiger partial charge in [-0.1, -0.05) is 17.8 Å². The highest BCUT2D eigenvalue weighted by Crippen LogP contribution is 2.28. The minimum atomic E-state index is -0.385. The predicted octanol–water partition coefficient (Wildman–Crippen LogP) is 1.61. The van der Waals surface area contributed by atoms with E-state index in [1.807, 2.05) is 40.8 Å². The Balaban J connectivity index is 1.70. The van der Waals surface area contributed by atoms with E-state index in [-0.39, 0.29) is 36.2 Å². The lowest BCUT2D eigenvalue weighted by Gasteiger charge is -2.35. The quantitative estimate of drug-likeness (QED) is 0.697. The molecule has 0 saturated carbocycles. The van der Waals surface area contributed by atoms with Gasteiger partial charge in [-0.25, -0.2) is 0 Å². The van der Waals surface area contributed by atoms with Crippen molar-refractivity contribution < 1.29 is 14.3 Å². The number of nitrogens with two attached hydrogens (primary N) is 1. The fraction of sp³-hybridized carbons (Fsp3) is 0.529. The number of aromatic nitrogens is 3. The van der Waals surface area contributed by atoms with Crippen LogP contribution in [-0.2, 0) is 20.9 Å². The summed E-state index contributed by atoms with van der Waals surface area (Å²) < 4.78 is 7.54. The molecule has 1 aliphatic heterocycles. The monoisotopic (exact) mass is 409 g/mol. The number of hydrogen-bond acceptors (Lipinski definition) is 7. The number of nitrogens with zero attached hydrogens (tertiary/aromatic N) is 4. The molecule has 2 aromatic heterocycles. The van der Waals surface area contributed by atoms with E-state index in [1.54, 1.807) is 11.3 Å². The van der Waals surface area contributed by atoms with Gasteiger partial charge in [-0.2, -0.15) is 0 Å². The molecule has 8 nitrogen and oxygen atoms in total. The Morgan fingerprint density at radius 1 is 1.33 bits per heavy atom. The van der Waals surface area contributed by atoms with Gasteiger partial charge >= 0.3 is 0 Å². The van der Waals surface area contributed by atoms with Crippen LogP contribution >= 0.6 is 23.1 Å². The maximum absolute atomic E-state index is 12.6. The van der Waals surface area contributed by atoms with Crippen molar-refractivity contribution in [2.75, 3.05) is 18.8 Å². The van der Waals surface area contributed by atoms with Crippen molar-refractivity contribution in [2.24, 2.45) is 5.73 Å². The van der Waals surface area contributed by atoms with Crippen LogP contribution < -0.4 is 5.73 Å². The number of rotatable bonds is 7. The summed E-state index contributed by atoms with van der Waals surface area (Å²) >= 11 is 2.88. The van der Waals surface area contributed by atoms with Gasteiger partial charge in [-0.05, 0) is 25.3 Å². The Labute approximate surface area is 166 Å². The highest BCUT2D eigenvalue weighted by Gasteiger charge is 2.26. The van der Waals surface area contributed by atoms with Crippen LogP contribution in [0.15, 0.2) is 22.7 Å². The molecule has 2 amide bonds. The third kappa shape index (κ3) is 5.08. The van der Waals surface area contributed by atoms with Gasteiger partial charge in [-0.15, -0.1) is 21.5 Å². The lowest BCUT2D eigenvalue weighted by molar-refractivity contribution is -0.140. The average molecular weight is 410 g/mol. The average Bonchev–Trinajstić information content (AvgIpc) is 3.26. The van der Waals surface area contributed by atoms with Crippen molar-refractivity contribution in [3.05, 3.63) is 17.5 Å². The molecule has 2 N–H and O–H groups in total. The van der Waals surface area contributed by atoms with E-state index in [0.717, 1.165) is 4.88 Å². The molecule has 3 heterocycles. The van der Waals surface area contributed by atoms with E-state index in [1.165, 1.54) is 11.8 Å².